The van der Waals surface area contributed by atoms with Crippen LogP contribution >= 0.6 is 0 Å². The summed E-state index contributed by atoms with van der Waals surface area (Å²) in [6.07, 6.45) is -0.413. The minimum Gasteiger partial charge on any atom is -0.467 e. The van der Waals surface area contributed by atoms with Crippen LogP contribution in [0.3, 0.4) is 0 Å². The van der Waals surface area contributed by atoms with Crippen LogP contribution in [0.25, 0.3) is 0 Å². The molecule has 2 heterocycles. The van der Waals surface area contributed by atoms with Crippen LogP contribution in [-0.4, -0.2) is 64.7 Å². The second kappa shape index (κ2) is 11.4. The highest BCUT2D eigenvalue weighted by molar-refractivity contribution is 5.97. The van der Waals surface area contributed by atoms with E-state index in [2.05, 4.69) is 10.6 Å². The first kappa shape index (κ1) is 28.1. The van der Waals surface area contributed by atoms with E-state index in [1.54, 1.807) is 6.92 Å². The number of hydrazine groups is 1. The number of nitrogens with one attached hydrogen (secondary N) is 2. The summed E-state index contributed by atoms with van der Waals surface area (Å²) in [4.78, 5) is 52.6. The number of hydrogen-bond acceptors (Lipinski definition) is 7. The van der Waals surface area contributed by atoms with Crippen molar-refractivity contribution in [2.75, 3.05) is 7.11 Å². The Bertz CT molecular complexity index is 1210. The van der Waals surface area contributed by atoms with Crippen molar-refractivity contribution in [3.63, 3.8) is 0 Å². The molecule has 2 N–H and O–H groups in total. The molecule has 208 valence electrons. The normalized spacial score (nSPS) is 25.2. The molecule has 0 saturated carbocycles. The lowest BCUT2D eigenvalue weighted by Gasteiger charge is -2.36. The monoisotopic (exact) mass is 536 g/mol. The molecule has 39 heavy (non-hydrogen) atoms. The number of esters is 1. The molecule has 2 fully saturated rings. The van der Waals surface area contributed by atoms with Gasteiger partial charge in [0.1, 0.15) is 24.2 Å². The van der Waals surface area contributed by atoms with E-state index in [9.17, 15) is 19.2 Å². The fourth-order valence-corrected chi connectivity index (χ4v) is 5.53. The maximum absolute atomic E-state index is 14.0. The quantitative estimate of drug-likeness (QED) is 0.498. The van der Waals surface area contributed by atoms with Gasteiger partial charge in [-0.3, -0.25) is 14.6 Å². The number of hydrogen-bond donors (Lipinski definition) is 2. The summed E-state index contributed by atoms with van der Waals surface area (Å²) < 4.78 is 10.2. The van der Waals surface area contributed by atoms with Gasteiger partial charge >= 0.3 is 12.1 Å². The van der Waals surface area contributed by atoms with E-state index < -0.39 is 47.5 Å². The molecular formula is C29H36N4O6. The van der Waals surface area contributed by atoms with Crippen molar-refractivity contribution in [1.82, 2.24) is 20.7 Å². The predicted octanol–water partition coefficient (Wildman–Crippen LogP) is 2.95. The minimum absolute atomic E-state index is 0.0610. The van der Waals surface area contributed by atoms with Gasteiger partial charge in [0.05, 0.1) is 19.2 Å². The Morgan fingerprint density at radius 2 is 1.64 bits per heavy atom. The third kappa shape index (κ3) is 5.47. The molecule has 0 bridgehead atoms. The summed E-state index contributed by atoms with van der Waals surface area (Å²) in [5, 5.41) is 8.88. The first-order valence-corrected chi connectivity index (χ1v) is 13.1. The Hall–Kier alpha value is -3.92. The molecule has 4 rings (SSSR count). The lowest BCUT2D eigenvalue weighted by molar-refractivity contribution is -0.156. The van der Waals surface area contributed by atoms with E-state index in [-0.39, 0.29) is 18.6 Å². The number of methoxy groups -OCH3 is 1. The summed E-state index contributed by atoms with van der Waals surface area (Å²) >= 11 is 0. The summed E-state index contributed by atoms with van der Waals surface area (Å²) in [5.74, 6) is -1.54. The van der Waals surface area contributed by atoms with E-state index in [4.69, 9.17) is 9.47 Å². The van der Waals surface area contributed by atoms with E-state index in [0.29, 0.717) is 6.42 Å². The SMILES string of the molecule is COC(=O)[C@H](C)NC(=O)[C@@]1(C)C[C@H](c2ccccc2)N2[C@H](C(C)C)[C@@H](NC(=O)OCc3ccccc3)C(=O)N21. The maximum Gasteiger partial charge on any atom is 0.408 e. The van der Waals surface area contributed by atoms with Gasteiger partial charge in [0.2, 0.25) is 5.91 Å². The molecule has 0 aliphatic carbocycles. The predicted molar refractivity (Wildman–Crippen MR) is 143 cm³/mol. The molecule has 2 aliphatic rings. The van der Waals surface area contributed by atoms with Crippen LogP contribution in [0, 0.1) is 5.92 Å². The van der Waals surface area contributed by atoms with Gasteiger partial charge in [0.15, 0.2) is 0 Å². The van der Waals surface area contributed by atoms with Gasteiger partial charge in [-0.15, -0.1) is 0 Å². The number of rotatable bonds is 8. The van der Waals surface area contributed by atoms with Gasteiger partial charge in [0, 0.05) is 6.42 Å². The molecule has 3 amide bonds. The molecule has 0 unspecified atom stereocenters. The number of fused-ring (bicyclic) bond motifs is 1. The molecule has 0 spiro atoms. The van der Waals surface area contributed by atoms with Crippen LogP contribution in [0.15, 0.2) is 60.7 Å². The Kier molecular flexibility index (Phi) is 8.25. The zero-order chi connectivity index (χ0) is 28.3. The number of carbonyl (C=O) groups is 4. The molecule has 0 aromatic heterocycles. The summed E-state index contributed by atoms with van der Waals surface area (Å²) in [6.45, 7) is 7.23. The van der Waals surface area contributed by atoms with Crippen molar-refractivity contribution < 1.29 is 28.7 Å². The molecule has 0 radical (unpaired) electrons. The Morgan fingerprint density at radius 3 is 2.23 bits per heavy atom. The van der Waals surface area contributed by atoms with Gasteiger partial charge in [-0.2, -0.15) is 0 Å². The lowest BCUT2D eigenvalue weighted by atomic mass is 9.87. The lowest BCUT2D eigenvalue weighted by Crippen LogP contribution is -2.59. The number of alkyl carbamates (subject to hydrolysis) is 1. The highest BCUT2D eigenvalue weighted by Crippen LogP contribution is 2.49. The number of benzene rings is 2. The number of amides is 3. The van der Waals surface area contributed by atoms with Crippen molar-refractivity contribution in [2.24, 2.45) is 5.92 Å². The van der Waals surface area contributed by atoms with Crippen molar-refractivity contribution in [1.29, 1.82) is 0 Å². The van der Waals surface area contributed by atoms with E-state index in [1.807, 2.05) is 79.5 Å². The topological polar surface area (TPSA) is 117 Å². The largest absolute Gasteiger partial charge is 0.467 e. The molecular weight excluding hydrogens is 500 g/mol. The Balaban J connectivity index is 1.65. The standard InChI is InChI=1S/C29H36N4O6/c1-18(2)24-23(31-28(37)39-17-20-12-8-6-9-13-20)25(34)33-29(4,27(36)30-19(3)26(35)38-5)16-22(32(24)33)21-14-10-7-11-15-21/h6-15,18-19,22-24H,16-17H2,1-5H3,(H,30,36)(H,31,37)/t19-,22+,23+,24+,29+/m0/s1. The van der Waals surface area contributed by atoms with Crippen molar-refractivity contribution in [3.05, 3.63) is 71.8 Å². The summed E-state index contributed by atoms with van der Waals surface area (Å²) in [5.41, 5.74) is 0.436. The van der Waals surface area contributed by atoms with Crippen molar-refractivity contribution >= 4 is 23.9 Å². The zero-order valence-electron chi connectivity index (χ0n) is 22.9. The van der Waals surface area contributed by atoms with E-state index in [0.717, 1.165) is 11.1 Å². The van der Waals surface area contributed by atoms with Crippen LogP contribution in [-0.2, 0) is 30.5 Å². The average molecular weight is 537 g/mol. The van der Waals surface area contributed by atoms with Gasteiger partial charge < -0.3 is 20.1 Å². The van der Waals surface area contributed by atoms with Gasteiger partial charge in [-0.1, -0.05) is 74.5 Å². The maximum atomic E-state index is 14.0. The third-order valence-corrected chi connectivity index (χ3v) is 7.48. The highest BCUT2D eigenvalue weighted by atomic mass is 16.5. The number of ether oxygens (including phenoxy) is 2. The molecule has 2 aromatic rings. The second-order valence-electron chi connectivity index (χ2n) is 10.6. The number of nitrogens with zero attached hydrogens (tertiary/aromatic N) is 2. The van der Waals surface area contributed by atoms with Gasteiger partial charge in [-0.05, 0) is 30.9 Å². The van der Waals surface area contributed by atoms with Gasteiger partial charge in [-0.25, -0.2) is 14.6 Å². The highest BCUT2D eigenvalue weighted by Gasteiger charge is 2.64. The molecule has 10 heteroatoms. The molecule has 2 saturated heterocycles. The first-order valence-electron chi connectivity index (χ1n) is 13.1. The number of carbonyl (C=O) groups excluding carboxylic acids is 4. The smallest absolute Gasteiger partial charge is 0.408 e. The fourth-order valence-electron chi connectivity index (χ4n) is 5.53. The fraction of sp³-hybridized carbons (Fsp3) is 0.448. The van der Waals surface area contributed by atoms with Gasteiger partial charge in [0.25, 0.3) is 5.91 Å². The van der Waals surface area contributed by atoms with Crippen molar-refractivity contribution in [2.45, 2.75) is 70.4 Å². The Labute approximate surface area is 228 Å². The van der Waals surface area contributed by atoms with E-state index >= 15 is 0 Å². The third-order valence-electron chi connectivity index (χ3n) is 7.48. The van der Waals surface area contributed by atoms with Crippen LogP contribution in [0.2, 0.25) is 0 Å². The zero-order valence-corrected chi connectivity index (χ0v) is 22.9. The van der Waals surface area contributed by atoms with Crippen molar-refractivity contribution in [3.8, 4) is 0 Å². The molecule has 2 aromatic carbocycles. The average Bonchev–Trinajstić information content (AvgIpc) is 3.40. The molecule has 5 atom stereocenters. The molecule has 2 aliphatic heterocycles. The second-order valence-corrected chi connectivity index (χ2v) is 10.6. The van der Waals surface area contributed by atoms with E-state index in [1.165, 1.54) is 19.0 Å². The summed E-state index contributed by atoms with van der Waals surface area (Å²) in [6, 6.07) is 16.3. The summed E-state index contributed by atoms with van der Waals surface area (Å²) in [7, 11) is 1.25. The minimum atomic E-state index is -1.32. The van der Waals surface area contributed by atoms with Crippen LogP contribution in [0.5, 0.6) is 0 Å². The van der Waals surface area contributed by atoms with Crippen LogP contribution in [0.1, 0.15) is 51.3 Å². The van der Waals surface area contributed by atoms with Crippen LogP contribution in [0.4, 0.5) is 4.79 Å². The Morgan fingerprint density at radius 1 is 1.03 bits per heavy atom. The van der Waals surface area contributed by atoms with Crippen LogP contribution < -0.4 is 10.6 Å². The molecule has 10 nitrogen and oxygen atoms in total. The first-order chi connectivity index (χ1) is 18.6.